The van der Waals surface area contributed by atoms with E-state index in [0.717, 1.165) is 9.69 Å². The van der Waals surface area contributed by atoms with Gasteiger partial charge in [0.25, 0.3) is 21.8 Å². The minimum atomic E-state index is -3.85. The largest absolute Gasteiger partial charge is 0.497 e. The van der Waals surface area contributed by atoms with Gasteiger partial charge in [-0.25, -0.2) is 8.42 Å². The van der Waals surface area contributed by atoms with Crippen LogP contribution >= 0.6 is 0 Å². The molecule has 0 spiro atoms. The number of hydrogen-bond acceptors (Lipinski definition) is 5. The Bertz CT molecular complexity index is 1230. The Hall–Kier alpha value is -3.59. The number of anilines is 1. The summed E-state index contributed by atoms with van der Waals surface area (Å²) >= 11 is 0. The van der Waals surface area contributed by atoms with E-state index in [9.17, 15) is 18.0 Å². The number of amides is 2. The number of rotatable bonds is 4. The standard InChI is InChI=1S/C20H17N3O5S/c1-28-15-8-2-7-14(11-15)20(25)22-21-18(24)12-23-16-9-3-5-13-6-4-10-17(19(13)16)29(23,26)27/h2-11H,12H2,1H3,(H,21,24)(H,22,25). The van der Waals surface area contributed by atoms with Gasteiger partial charge in [-0.05, 0) is 35.7 Å². The molecule has 1 aliphatic rings. The Morgan fingerprint density at radius 1 is 1.00 bits per heavy atom. The van der Waals surface area contributed by atoms with Crippen LogP contribution in [0.25, 0.3) is 10.8 Å². The molecule has 2 N–H and O–H groups in total. The molecular formula is C20H17N3O5S. The van der Waals surface area contributed by atoms with E-state index in [1.165, 1.54) is 19.2 Å². The van der Waals surface area contributed by atoms with Crippen LogP contribution in [-0.2, 0) is 14.8 Å². The monoisotopic (exact) mass is 411 g/mol. The minimum absolute atomic E-state index is 0.166. The summed E-state index contributed by atoms with van der Waals surface area (Å²) in [7, 11) is -2.37. The molecule has 4 rings (SSSR count). The van der Waals surface area contributed by atoms with E-state index < -0.39 is 28.4 Å². The fourth-order valence-corrected chi connectivity index (χ4v) is 4.93. The first kappa shape index (κ1) is 18.8. The molecule has 0 saturated carbocycles. The summed E-state index contributed by atoms with van der Waals surface area (Å²) in [6.45, 7) is -0.464. The third-order valence-electron chi connectivity index (χ3n) is 4.62. The first-order valence-corrected chi connectivity index (χ1v) is 10.1. The lowest BCUT2D eigenvalue weighted by atomic mass is 10.1. The molecule has 2 amide bonds. The summed E-state index contributed by atoms with van der Waals surface area (Å²) in [5.41, 5.74) is 5.26. The Kier molecular flexibility index (Phi) is 4.59. The van der Waals surface area contributed by atoms with E-state index in [1.54, 1.807) is 36.4 Å². The van der Waals surface area contributed by atoms with Crippen LogP contribution in [-0.4, -0.2) is 33.9 Å². The van der Waals surface area contributed by atoms with E-state index in [4.69, 9.17) is 4.74 Å². The van der Waals surface area contributed by atoms with Crippen molar-refractivity contribution in [2.45, 2.75) is 4.90 Å². The van der Waals surface area contributed by atoms with Gasteiger partial charge < -0.3 is 4.74 Å². The Morgan fingerprint density at radius 3 is 2.48 bits per heavy atom. The lowest BCUT2D eigenvalue weighted by molar-refractivity contribution is -0.120. The van der Waals surface area contributed by atoms with Gasteiger partial charge in [0.1, 0.15) is 12.3 Å². The van der Waals surface area contributed by atoms with Crippen LogP contribution in [0, 0.1) is 0 Å². The summed E-state index contributed by atoms with van der Waals surface area (Å²) in [5, 5.41) is 1.36. The molecule has 0 unspecified atom stereocenters. The maximum atomic E-state index is 12.9. The van der Waals surface area contributed by atoms with Crippen molar-refractivity contribution in [3.05, 3.63) is 66.2 Å². The maximum absolute atomic E-state index is 12.9. The van der Waals surface area contributed by atoms with Gasteiger partial charge in [0.2, 0.25) is 0 Å². The average Bonchev–Trinajstić information content (AvgIpc) is 2.95. The Labute approximate surface area is 167 Å². The summed E-state index contributed by atoms with van der Waals surface area (Å²) in [4.78, 5) is 24.7. The number of benzene rings is 3. The molecule has 0 saturated heterocycles. The maximum Gasteiger partial charge on any atom is 0.269 e. The summed E-state index contributed by atoms with van der Waals surface area (Å²) in [5.74, 6) is -0.723. The van der Waals surface area contributed by atoms with Gasteiger partial charge in [-0.3, -0.25) is 24.7 Å². The van der Waals surface area contributed by atoms with Gasteiger partial charge in [-0.15, -0.1) is 0 Å². The second kappa shape index (κ2) is 7.10. The Balaban J connectivity index is 1.49. The number of sulfonamides is 1. The average molecular weight is 411 g/mol. The molecule has 3 aromatic rings. The van der Waals surface area contributed by atoms with Gasteiger partial charge in [0.05, 0.1) is 17.7 Å². The van der Waals surface area contributed by atoms with Crippen LogP contribution < -0.4 is 19.9 Å². The van der Waals surface area contributed by atoms with E-state index in [2.05, 4.69) is 10.9 Å². The van der Waals surface area contributed by atoms with Gasteiger partial charge in [0, 0.05) is 10.9 Å². The van der Waals surface area contributed by atoms with Gasteiger partial charge in [-0.1, -0.05) is 30.3 Å². The SMILES string of the molecule is COc1cccc(C(=O)NNC(=O)CN2c3cccc4cccc(c34)S2(=O)=O)c1. The van der Waals surface area contributed by atoms with Crippen molar-refractivity contribution < 1.29 is 22.7 Å². The van der Waals surface area contributed by atoms with Crippen molar-refractivity contribution in [3.8, 4) is 5.75 Å². The molecule has 0 aliphatic carbocycles. The van der Waals surface area contributed by atoms with Crippen LogP contribution in [0.2, 0.25) is 0 Å². The molecule has 0 fully saturated rings. The normalized spacial score (nSPS) is 13.9. The quantitative estimate of drug-likeness (QED) is 0.637. The van der Waals surface area contributed by atoms with Crippen LogP contribution in [0.15, 0.2) is 65.6 Å². The number of hydrazine groups is 1. The highest BCUT2D eigenvalue weighted by Gasteiger charge is 2.36. The lowest BCUT2D eigenvalue weighted by Gasteiger charge is -2.18. The molecule has 0 radical (unpaired) electrons. The predicted octanol–water partition coefficient (Wildman–Crippen LogP) is 1.82. The Morgan fingerprint density at radius 2 is 1.72 bits per heavy atom. The third-order valence-corrected chi connectivity index (χ3v) is 6.42. The number of carbonyl (C=O) groups excluding carboxylic acids is 2. The van der Waals surface area contributed by atoms with E-state index in [0.29, 0.717) is 16.8 Å². The van der Waals surface area contributed by atoms with E-state index in [1.807, 2.05) is 12.1 Å². The fraction of sp³-hybridized carbons (Fsp3) is 0.100. The van der Waals surface area contributed by atoms with Crippen LogP contribution in [0.4, 0.5) is 5.69 Å². The van der Waals surface area contributed by atoms with Gasteiger partial charge in [-0.2, -0.15) is 0 Å². The highest BCUT2D eigenvalue weighted by molar-refractivity contribution is 7.93. The van der Waals surface area contributed by atoms with Crippen LogP contribution in [0.5, 0.6) is 5.75 Å². The zero-order valence-electron chi connectivity index (χ0n) is 15.4. The van der Waals surface area contributed by atoms with Crippen molar-refractivity contribution in [2.75, 3.05) is 18.0 Å². The highest BCUT2D eigenvalue weighted by Crippen LogP contribution is 2.41. The number of hydrogen-bond donors (Lipinski definition) is 2. The van der Waals surface area contributed by atoms with Crippen molar-refractivity contribution in [3.63, 3.8) is 0 Å². The lowest BCUT2D eigenvalue weighted by Crippen LogP contribution is -2.47. The van der Waals surface area contributed by atoms with Crippen molar-refractivity contribution in [1.29, 1.82) is 0 Å². The molecule has 148 valence electrons. The molecule has 0 atom stereocenters. The molecule has 29 heavy (non-hydrogen) atoms. The zero-order chi connectivity index (χ0) is 20.6. The molecule has 0 aromatic heterocycles. The third kappa shape index (κ3) is 3.25. The van der Waals surface area contributed by atoms with E-state index in [-0.39, 0.29) is 10.5 Å². The number of methoxy groups -OCH3 is 1. The molecule has 8 nitrogen and oxygen atoms in total. The molecule has 1 aliphatic heterocycles. The minimum Gasteiger partial charge on any atom is -0.497 e. The first-order chi connectivity index (χ1) is 13.9. The smallest absolute Gasteiger partial charge is 0.269 e. The van der Waals surface area contributed by atoms with Crippen LogP contribution in [0.1, 0.15) is 10.4 Å². The summed E-state index contributed by atoms with van der Waals surface area (Å²) in [6.07, 6.45) is 0. The van der Waals surface area contributed by atoms with Crippen molar-refractivity contribution in [1.82, 2.24) is 10.9 Å². The first-order valence-electron chi connectivity index (χ1n) is 8.69. The zero-order valence-corrected chi connectivity index (χ0v) is 16.2. The second-order valence-corrected chi connectivity index (χ2v) is 8.21. The number of nitrogens with zero attached hydrogens (tertiary/aromatic N) is 1. The number of ether oxygens (including phenoxy) is 1. The highest BCUT2D eigenvalue weighted by atomic mass is 32.2. The molecule has 1 heterocycles. The summed E-state index contributed by atoms with van der Waals surface area (Å²) in [6, 6.07) is 16.6. The summed E-state index contributed by atoms with van der Waals surface area (Å²) < 4.78 is 31.8. The van der Waals surface area contributed by atoms with E-state index >= 15 is 0 Å². The molecule has 3 aromatic carbocycles. The molecule has 9 heteroatoms. The molecular weight excluding hydrogens is 394 g/mol. The van der Waals surface area contributed by atoms with Crippen molar-refractivity contribution in [2.24, 2.45) is 0 Å². The van der Waals surface area contributed by atoms with Crippen LogP contribution in [0.3, 0.4) is 0 Å². The fourth-order valence-electron chi connectivity index (χ4n) is 3.26. The number of carbonyl (C=O) groups is 2. The number of nitrogens with one attached hydrogen (secondary N) is 2. The van der Waals surface area contributed by atoms with Gasteiger partial charge >= 0.3 is 0 Å². The second-order valence-electron chi connectivity index (χ2n) is 6.38. The van der Waals surface area contributed by atoms with Gasteiger partial charge in [0.15, 0.2) is 0 Å². The molecule has 0 bridgehead atoms. The van der Waals surface area contributed by atoms with Crippen molar-refractivity contribution >= 4 is 38.3 Å². The predicted molar refractivity (Wildman–Crippen MR) is 107 cm³/mol. The topological polar surface area (TPSA) is 105 Å².